The van der Waals surface area contributed by atoms with E-state index in [0.29, 0.717) is 0 Å². The van der Waals surface area contributed by atoms with Crippen LogP contribution in [0.15, 0.2) is 85.5 Å². The first kappa shape index (κ1) is 20.3. The second-order valence-electron chi connectivity index (χ2n) is 7.69. The molecule has 0 aromatic heterocycles. The van der Waals surface area contributed by atoms with Gasteiger partial charge in [0.15, 0.2) is 0 Å². The van der Waals surface area contributed by atoms with E-state index in [9.17, 15) is 8.78 Å². The SMILES string of the molecule is C=CCc1ccc(N2CCN(C(c3ccc(F)cc3)c3ccc(F)cc3)CC2)cc1. The van der Waals surface area contributed by atoms with Crippen LogP contribution >= 0.6 is 0 Å². The second-order valence-corrected chi connectivity index (χ2v) is 7.69. The Bertz CT molecular complexity index is 912. The summed E-state index contributed by atoms with van der Waals surface area (Å²) >= 11 is 0. The molecule has 0 amide bonds. The number of benzene rings is 3. The van der Waals surface area contributed by atoms with Gasteiger partial charge in [0.05, 0.1) is 6.04 Å². The standard InChI is InChI=1S/C26H26F2N2/c1-2-3-20-4-14-25(15-5-20)29-16-18-30(19-17-29)26(21-6-10-23(27)11-7-21)22-8-12-24(28)13-9-22/h2,4-15,26H,1,3,16-19H2. The number of allylic oxidation sites excluding steroid dienone is 1. The fourth-order valence-corrected chi connectivity index (χ4v) is 4.15. The Morgan fingerprint density at radius 2 is 1.23 bits per heavy atom. The smallest absolute Gasteiger partial charge is 0.123 e. The van der Waals surface area contributed by atoms with Gasteiger partial charge in [0.1, 0.15) is 11.6 Å². The van der Waals surface area contributed by atoms with Gasteiger partial charge in [0.2, 0.25) is 0 Å². The van der Waals surface area contributed by atoms with E-state index < -0.39 is 0 Å². The number of anilines is 1. The lowest BCUT2D eigenvalue weighted by molar-refractivity contribution is 0.212. The Kier molecular flexibility index (Phi) is 6.24. The topological polar surface area (TPSA) is 6.48 Å². The minimum atomic E-state index is -0.249. The van der Waals surface area contributed by atoms with E-state index in [2.05, 4.69) is 40.6 Å². The largest absolute Gasteiger partial charge is 0.369 e. The highest BCUT2D eigenvalue weighted by Gasteiger charge is 2.26. The predicted octanol–water partition coefficient (Wildman–Crippen LogP) is 5.60. The van der Waals surface area contributed by atoms with Crippen molar-refractivity contribution in [1.82, 2.24) is 4.90 Å². The van der Waals surface area contributed by atoms with Crippen LogP contribution in [0.3, 0.4) is 0 Å². The zero-order chi connectivity index (χ0) is 20.9. The fraction of sp³-hybridized carbons (Fsp3) is 0.231. The van der Waals surface area contributed by atoms with Gasteiger partial charge in [0.25, 0.3) is 0 Å². The summed E-state index contributed by atoms with van der Waals surface area (Å²) in [5.41, 5.74) is 4.53. The number of halogens is 2. The van der Waals surface area contributed by atoms with E-state index in [0.717, 1.165) is 43.7 Å². The first-order chi connectivity index (χ1) is 14.6. The molecular weight excluding hydrogens is 378 g/mol. The van der Waals surface area contributed by atoms with Crippen molar-refractivity contribution in [3.8, 4) is 0 Å². The molecule has 1 aliphatic heterocycles. The van der Waals surface area contributed by atoms with Crippen LogP contribution in [-0.2, 0) is 6.42 Å². The maximum atomic E-state index is 13.5. The quantitative estimate of drug-likeness (QED) is 0.493. The van der Waals surface area contributed by atoms with Gasteiger partial charge < -0.3 is 4.90 Å². The van der Waals surface area contributed by atoms with Gasteiger partial charge in [-0.2, -0.15) is 0 Å². The fourth-order valence-electron chi connectivity index (χ4n) is 4.15. The van der Waals surface area contributed by atoms with E-state index >= 15 is 0 Å². The summed E-state index contributed by atoms with van der Waals surface area (Å²) < 4.78 is 27.0. The van der Waals surface area contributed by atoms with Crippen LogP contribution in [0.2, 0.25) is 0 Å². The van der Waals surface area contributed by atoms with E-state index in [-0.39, 0.29) is 17.7 Å². The average Bonchev–Trinajstić information content (AvgIpc) is 2.78. The summed E-state index contributed by atoms with van der Waals surface area (Å²) in [6, 6.07) is 21.9. The highest BCUT2D eigenvalue weighted by molar-refractivity contribution is 5.48. The lowest BCUT2D eigenvalue weighted by Crippen LogP contribution is -2.48. The summed E-state index contributed by atoms with van der Waals surface area (Å²) in [4.78, 5) is 4.78. The van der Waals surface area contributed by atoms with Crippen molar-refractivity contribution >= 4 is 5.69 Å². The average molecular weight is 405 g/mol. The maximum Gasteiger partial charge on any atom is 0.123 e. The summed E-state index contributed by atoms with van der Waals surface area (Å²) in [6.45, 7) is 7.34. The Balaban J connectivity index is 1.52. The number of nitrogens with zero attached hydrogens (tertiary/aromatic N) is 2. The maximum absolute atomic E-state index is 13.5. The molecule has 1 heterocycles. The van der Waals surface area contributed by atoms with Crippen molar-refractivity contribution in [3.63, 3.8) is 0 Å². The molecule has 0 aliphatic carbocycles. The number of hydrogen-bond acceptors (Lipinski definition) is 2. The summed E-state index contributed by atoms with van der Waals surface area (Å²) in [6.07, 6.45) is 2.80. The molecule has 1 saturated heterocycles. The molecule has 1 aliphatic rings. The lowest BCUT2D eigenvalue weighted by Gasteiger charge is -2.40. The monoisotopic (exact) mass is 404 g/mol. The molecule has 0 saturated carbocycles. The summed E-state index contributed by atoms with van der Waals surface area (Å²) in [5, 5.41) is 0. The number of piperazine rings is 1. The molecule has 3 aromatic carbocycles. The van der Waals surface area contributed by atoms with Gasteiger partial charge in [-0.1, -0.05) is 42.5 Å². The minimum absolute atomic E-state index is 0.0247. The zero-order valence-corrected chi connectivity index (χ0v) is 17.0. The van der Waals surface area contributed by atoms with Gasteiger partial charge in [-0.05, 0) is 59.5 Å². The molecular formula is C26H26F2N2. The second kappa shape index (κ2) is 9.23. The molecule has 4 rings (SSSR count). The van der Waals surface area contributed by atoms with Crippen LogP contribution in [0.1, 0.15) is 22.7 Å². The summed E-state index contributed by atoms with van der Waals surface area (Å²) in [7, 11) is 0. The van der Waals surface area contributed by atoms with Crippen molar-refractivity contribution in [3.05, 3.63) is 114 Å². The molecule has 0 unspecified atom stereocenters. The van der Waals surface area contributed by atoms with Gasteiger partial charge >= 0.3 is 0 Å². The first-order valence-corrected chi connectivity index (χ1v) is 10.3. The molecule has 3 aromatic rings. The lowest BCUT2D eigenvalue weighted by atomic mass is 9.96. The molecule has 2 nitrogen and oxygen atoms in total. The molecule has 0 bridgehead atoms. The van der Waals surface area contributed by atoms with E-state index in [1.165, 1.54) is 35.5 Å². The summed E-state index contributed by atoms with van der Waals surface area (Å²) in [5.74, 6) is -0.498. The first-order valence-electron chi connectivity index (χ1n) is 10.3. The highest BCUT2D eigenvalue weighted by Crippen LogP contribution is 2.31. The van der Waals surface area contributed by atoms with Gasteiger partial charge in [-0.15, -0.1) is 6.58 Å². The van der Waals surface area contributed by atoms with E-state index in [1.807, 2.05) is 30.3 Å². The molecule has 0 N–H and O–H groups in total. The third-order valence-corrected chi connectivity index (χ3v) is 5.73. The van der Waals surface area contributed by atoms with Crippen LogP contribution < -0.4 is 4.90 Å². The Hall–Kier alpha value is -2.98. The van der Waals surface area contributed by atoms with E-state index in [4.69, 9.17) is 0 Å². The van der Waals surface area contributed by atoms with E-state index in [1.54, 1.807) is 0 Å². The van der Waals surface area contributed by atoms with Gasteiger partial charge in [-0.3, -0.25) is 4.90 Å². The third-order valence-electron chi connectivity index (χ3n) is 5.73. The van der Waals surface area contributed by atoms with Crippen molar-refractivity contribution < 1.29 is 8.78 Å². The van der Waals surface area contributed by atoms with Crippen molar-refractivity contribution in [2.45, 2.75) is 12.5 Å². The molecule has 0 radical (unpaired) electrons. The Labute approximate surface area is 177 Å². The van der Waals surface area contributed by atoms with Crippen LogP contribution in [0, 0.1) is 11.6 Å². The van der Waals surface area contributed by atoms with Crippen LogP contribution in [-0.4, -0.2) is 31.1 Å². The molecule has 0 spiro atoms. The van der Waals surface area contributed by atoms with Crippen molar-refractivity contribution in [1.29, 1.82) is 0 Å². The molecule has 154 valence electrons. The highest BCUT2D eigenvalue weighted by atomic mass is 19.1. The van der Waals surface area contributed by atoms with Crippen LogP contribution in [0.5, 0.6) is 0 Å². The number of rotatable bonds is 6. The Morgan fingerprint density at radius 3 is 1.70 bits per heavy atom. The molecule has 0 atom stereocenters. The molecule has 4 heteroatoms. The predicted molar refractivity (Wildman–Crippen MR) is 119 cm³/mol. The van der Waals surface area contributed by atoms with Crippen molar-refractivity contribution in [2.75, 3.05) is 31.1 Å². The van der Waals surface area contributed by atoms with Crippen molar-refractivity contribution in [2.24, 2.45) is 0 Å². The normalized spacial score (nSPS) is 14.8. The third kappa shape index (κ3) is 4.60. The van der Waals surface area contributed by atoms with Crippen LogP contribution in [0.25, 0.3) is 0 Å². The van der Waals surface area contributed by atoms with Crippen LogP contribution in [0.4, 0.5) is 14.5 Å². The molecule has 30 heavy (non-hydrogen) atoms. The number of hydrogen-bond donors (Lipinski definition) is 0. The Morgan fingerprint density at radius 1 is 0.733 bits per heavy atom. The van der Waals surface area contributed by atoms with Gasteiger partial charge in [-0.25, -0.2) is 8.78 Å². The molecule has 1 fully saturated rings. The zero-order valence-electron chi connectivity index (χ0n) is 17.0. The van der Waals surface area contributed by atoms with Gasteiger partial charge in [0, 0.05) is 31.9 Å². The minimum Gasteiger partial charge on any atom is -0.369 e.